The molecular weight excluding hydrogens is 236 g/mol. The Labute approximate surface area is 108 Å². The quantitative estimate of drug-likeness (QED) is 0.762. The van der Waals surface area contributed by atoms with Crippen LogP contribution in [0.4, 0.5) is 0 Å². The van der Waals surface area contributed by atoms with E-state index >= 15 is 0 Å². The van der Waals surface area contributed by atoms with Gasteiger partial charge in [0.05, 0.1) is 12.2 Å². The molecule has 5 nitrogen and oxygen atoms in total. The number of rotatable bonds is 4. The first kappa shape index (κ1) is 14.2. The molecule has 0 aliphatic carbocycles. The minimum absolute atomic E-state index is 0.0952. The van der Waals surface area contributed by atoms with Gasteiger partial charge in [-0.05, 0) is 25.7 Å². The predicted octanol–water partition coefficient (Wildman–Crippen LogP) is 0.942. The highest BCUT2D eigenvalue weighted by molar-refractivity contribution is 4.97. The topological polar surface area (TPSA) is 57.2 Å². The molecule has 3 unspecified atom stereocenters. The van der Waals surface area contributed by atoms with Crippen molar-refractivity contribution >= 4 is 0 Å². The third-order valence-corrected chi connectivity index (χ3v) is 4.29. The minimum Gasteiger partial charge on any atom is -0.385 e. The molecule has 0 radical (unpaired) electrons. The molecule has 2 saturated heterocycles. The Morgan fingerprint density at radius 1 is 1.33 bits per heavy atom. The molecule has 2 heterocycles. The Morgan fingerprint density at radius 2 is 2.06 bits per heavy atom. The lowest BCUT2D eigenvalue weighted by Crippen LogP contribution is -2.54. The van der Waals surface area contributed by atoms with Crippen LogP contribution in [0.2, 0.25) is 0 Å². The predicted molar refractivity (Wildman–Crippen MR) is 65.3 cm³/mol. The highest BCUT2D eigenvalue weighted by Gasteiger charge is 2.49. The maximum atomic E-state index is 10.7. The van der Waals surface area contributed by atoms with Crippen LogP contribution in [0.25, 0.3) is 0 Å². The number of ether oxygens (including phenoxy) is 4. The van der Waals surface area contributed by atoms with Crippen molar-refractivity contribution < 1.29 is 24.1 Å². The van der Waals surface area contributed by atoms with Crippen molar-refractivity contribution in [1.29, 1.82) is 0 Å². The Kier molecular flexibility index (Phi) is 4.29. The summed E-state index contributed by atoms with van der Waals surface area (Å²) in [5, 5.41) is 10.7. The van der Waals surface area contributed by atoms with Gasteiger partial charge >= 0.3 is 0 Å². The maximum absolute atomic E-state index is 10.7. The number of aliphatic hydroxyl groups is 1. The highest BCUT2D eigenvalue weighted by atomic mass is 16.7. The molecule has 3 atom stereocenters. The molecule has 0 bridgehead atoms. The van der Waals surface area contributed by atoms with Gasteiger partial charge in [0, 0.05) is 33.9 Å². The van der Waals surface area contributed by atoms with E-state index in [-0.39, 0.29) is 11.5 Å². The van der Waals surface area contributed by atoms with E-state index in [0.29, 0.717) is 13.2 Å². The summed E-state index contributed by atoms with van der Waals surface area (Å²) in [6.07, 6.45) is 1.91. The van der Waals surface area contributed by atoms with Crippen molar-refractivity contribution in [2.45, 2.75) is 43.7 Å². The summed E-state index contributed by atoms with van der Waals surface area (Å²) in [4.78, 5) is 0. The molecule has 0 saturated carbocycles. The Balaban J connectivity index is 2.07. The Morgan fingerprint density at radius 3 is 2.61 bits per heavy atom. The van der Waals surface area contributed by atoms with Crippen LogP contribution < -0.4 is 0 Å². The van der Waals surface area contributed by atoms with E-state index in [9.17, 15) is 5.11 Å². The van der Waals surface area contributed by atoms with Crippen LogP contribution in [0.3, 0.4) is 0 Å². The minimum atomic E-state index is -1.01. The van der Waals surface area contributed by atoms with Crippen LogP contribution in [0, 0.1) is 5.92 Å². The van der Waals surface area contributed by atoms with E-state index in [1.165, 1.54) is 0 Å². The van der Waals surface area contributed by atoms with Gasteiger partial charge in [-0.3, -0.25) is 0 Å². The zero-order valence-electron chi connectivity index (χ0n) is 11.5. The number of hydrogen-bond donors (Lipinski definition) is 1. The second kappa shape index (κ2) is 5.43. The van der Waals surface area contributed by atoms with Gasteiger partial charge in [-0.2, -0.15) is 0 Å². The lowest BCUT2D eigenvalue weighted by molar-refractivity contribution is -0.245. The van der Waals surface area contributed by atoms with Gasteiger partial charge in [0.25, 0.3) is 0 Å². The molecule has 0 amide bonds. The first-order valence-electron chi connectivity index (χ1n) is 6.54. The molecule has 2 aliphatic rings. The second-order valence-electron chi connectivity index (χ2n) is 5.55. The van der Waals surface area contributed by atoms with Crippen LogP contribution in [0.15, 0.2) is 0 Å². The SMILES string of the molecule is COC(OC)C(C)(O)C1CCOC2(CCOC2)C1. The first-order valence-corrected chi connectivity index (χ1v) is 6.54. The van der Waals surface area contributed by atoms with Gasteiger partial charge in [-0.1, -0.05) is 0 Å². The summed E-state index contributed by atoms with van der Waals surface area (Å²) in [6, 6.07) is 0. The van der Waals surface area contributed by atoms with E-state index < -0.39 is 11.9 Å². The van der Waals surface area contributed by atoms with Crippen LogP contribution >= 0.6 is 0 Å². The largest absolute Gasteiger partial charge is 0.385 e. The smallest absolute Gasteiger partial charge is 0.185 e. The van der Waals surface area contributed by atoms with Crippen molar-refractivity contribution in [3.05, 3.63) is 0 Å². The van der Waals surface area contributed by atoms with Crippen molar-refractivity contribution in [2.75, 3.05) is 34.0 Å². The zero-order chi connectivity index (χ0) is 13.2. The van der Waals surface area contributed by atoms with Crippen molar-refractivity contribution in [3.63, 3.8) is 0 Å². The standard InChI is InChI=1S/C13H24O5/c1-12(14,11(15-2)16-3)10-4-6-18-13(8-10)5-7-17-9-13/h10-11,14H,4-9H2,1-3H3. The van der Waals surface area contributed by atoms with Gasteiger partial charge in [0.1, 0.15) is 5.60 Å². The summed E-state index contributed by atoms with van der Waals surface area (Å²) in [5.41, 5.74) is -1.22. The van der Waals surface area contributed by atoms with Crippen molar-refractivity contribution in [3.8, 4) is 0 Å². The fourth-order valence-corrected chi connectivity index (χ4v) is 3.16. The summed E-state index contributed by atoms with van der Waals surface area (Å²) in [6.45, 7) is 3.81. The van der Waals surface area contributed by atoms with E-state index in [4.69, 9.17) is 18.9 Å². The van der Waals surface area contributed by atoms with Crippen molar-refractivity contribution in [2.24, 2.45) is 5.92 Å². The van der Waals surface area contributed by atoms with Gasteiger partial charge in [0.2, 0.25) is 0 Å². The molecule has 18 heavy (non-hydrogen) atoms. The Hall–Kier alpha value is -0.200. The van der Waals surface area contributed by atoms with E-state index in [2.05, 4.69) is 0 Å². The average molecular weight is 260 g/mol. The van der Waals surface area contributed by atoms with E-state index in [1.807, 2.05) is 0 Å². The molecule has 106 valence electrons. The van der Waals surface area contributed by atoms with Crippen LogP contribution in [0.1, 0.15) is 26.2 Å². The van der Waals surface area contributed by atoms with Crippen LogP contribution in [-0.2, 0) is 18.9 Å². The lowest BCUT2D eigenvalue weighted by atomic mass is 9.75. The molecular formula is C13H24O5. The molecule has 0 aromatic heterocycles. The van der Waals surface area contributed by atoms with Crippen LogP contribution in [-0.4, -0.2) is 56.6 Å². The van der Waals surface area contributed by atoms with Gasteiger partial charge in [0.15, 0.2) is 6.29 Å². The molecule has 1 spiro atoms. The molecule has 2 aliphatic heterocycles. The van der Waals surface area contributed by atoms with E-state index in [1.54, 1.807) is 21.1 Å². The van der Waals surface area contributed by atoms with Gasteiger partial charge in [-0.25, -0.2) is 0 Å². The molecule has 0 aromatic rings. The second-order valence-corrected chi connectivity index (χ2v) is 5.55. The first-order chi connectivity index (χ1) is 8.54. The Bertz CT molecular complexity index is 269. The molecule has 5 heteroatoms. The molecule has 1 N–H and O–H groups in total. The average Bonchev–Trinajstić information content (AvgIpc) is 2.78. The lowest BCUT2D eigenvalue weighted by Gasteiger charge is -2.45. The summed E-state index contributed by atoms with van der Waals surface area (Å²) in [5.74, 6) is 0.0952. The van der Waals surface area contributed by atoms with E-state index in [0.717, 1.165) is 25.9 Å². The fourth-order valence-electron chi connectivity index (χ4n) is 3.16. The normalized spacial score (nSPS) is 36.2. The monoisotopic (exact) mass is 260 g/mol. The molecule has 2 fully saturated rings. The highest BCUT2D eigenvalue weighted by Crippen LogP contribution is 2.41. The number of methoxy groups -OCH3 is 2. The van der Waals surface area contributed by atoms with Crippen molar-refractivity contribution in [1.82, 2.24) is 0 Å². The third-order valence-electron chi connectivity index (χ3n) is 4.29. The molecule has 2 rings (SSSR count). The maximum Gasteiger partial charge on any atom is 0.185 e. The van der Waals surface area contributed by atoms with Gasteiger partial charge in [-0.15, -0.1) is 0 Å². The van der Waals surface area contributed by atoms with Crippen LogP contribution in [0.5, 0.6) is 0 Å². The number of hydrogen-bond acceptors (Lipinski definition) is 5. The van der Waals surface area contributed by atoms with Gasteiger partial charge < -0.3 is 24.1 Å². The summed E-state index contributed by atoms with van der Waals surface area (Å²) >= 11 is 0. The molecule has 0 aromatic carbocycles. The fraction of sp³-hybridized carbons (Fsp3) is 1.00. The summed E-state index contributed by atoms with van der Waals surface area (Å²) in [7, 11) is 3.10. The zero-order valence-corrected chi connectivity index (χ0v) is 11.5. The third kappa shape index (κ3) is 2.56. The summed E-state index contributed by atoms with van der Waals surface area (Å²) < 4.78 is 21.8.